The van der Waals surface area contributed by atoms with Gasteiger partial charge in [0.15, 0.2) is 0 Å². The minimum atomic E-state index is -1.33. The summed E-state index contributed by atoms with van der Waals surface area (Å²) in [5.74, 6) is 0. The van der Waals surface area contributed by atoms with Gasteiger partial charge in [0.25, 0.3) is 0 Å². The second kappa shape index (κ2) is 8.66. The molecule has 0 amide bonds. The Morgan fingerprint density at radius 1 is 0.459 bits per heavy atom. The lowest BCUT2D eigenvalue weighted by atomic mass is 9.87. The molecule has 6 aromatic rings. The van der Waals surface area contributed by atoms with Crippen LogP contribution in [0.5, 0.6) is 0 Å². The fourth-order valence-electron chi connectivity index (χ4n) is 5.64. The van der Waals surface area contributed by atoms with Crippen molar-refractivity contribution < 1.29 is 0 Å². The van der Waals surface area contributed by atoms with Gasteiger partial charge in [-0.25, -0.2) is 0 Å². The molecule has 0 aliphatic carbocycles. The van der Waals surface area contributed by atoms with Crippen molar-refractivity contribution in [2.45, 2.75) is 39.3 Å². The molecule has 0 unspecified atom stereocenters. The predicted octanol–water partition coefficient (Wildman–Crippen LogP) is 9.77. The van der Waals surface area contributed by atoms with Crippen molar-refractivity contribution in [2.75, 3.05) is 0 Å². The summed E-state index contributed by atoms with van der Waals surface area (Å²) in [6, 6.07) is 34.8. The number of benzene rings is 6. The van der Waals surface area contributed by atoms with Crippen LogP contribution in [0, 0.1) is 0 Å². The van der Waals surface area contributed by atoms with Crippen LogP contribution in [0.25, 0.3) is 54.6 Å². The molecule has 0 saturated heterocycles. The smallest absolute Gasteiger partial charge is 0.0656 e. The lowest BCUT2D eigenvalue weighted by Crippen LogP contribution is -2.37. The molecule has 0 aromatic heterocycles. The Morgan fingerprint density at radius 3 is 1.49 bits per heavy atom. The van der Waals surface area contributed by atoms with E-state index in [9.17, 15) is 0 Å². The highest BCUT2D eigenvalue weighted by Crippen LogP contribution is 2.44. The van der Waals surface area contributed by atoms with Crippen molar-refractivity contribution >= 4 is 74.8 Å². The molecule has 184 valence electrons. The van der Waals surface area contributed by atoms with Crippen molar-refractivity contribution in [2.24, 2.45) is 0 Å². The molecule has 37 heavy (non-hydrogen) atoms. The normalized spacial score (nSPS) is 12.7. The maximum absolute atomic E-state index is 3.94. The molecule has 0 bridgehead atoms. The van der Waals surface area contributed by atoms with Gasteiger partial charge in [-0.3, -0.25) is 0 Å². The van der Waals surface area contributed by atoms with E-state index < -0.39 is 16.1 Å². The minimum Gasteiger partial charge on any atom is -0.0656 e. The van der Waals surface area contributed by atoms with E-state index in [1.807, 2.05) is 0 Å². The SMILES string of the molecule is C[Si](C)(C)c1ccc(-c2ccc3ccc4c(-c5ccc([Si](C)(C)C)cc5)cc(Br)c5ccc2c3c54)cc1. The van der Waals surface area contributed by atoms with Crippen LogP contribution in [0.3, 0.4) is 0 Å². The van der Waals surface area contributed by atoms with Gasteiger partial charge in [0, 0.05) is 4.47 Å². The average Bonchev–Trinajstić information content (AvgIpc) is 2.87. The van der Waals surface area contributed by atoms with Crippen molar-refractivity contribution in [1.29, 1.82) is 0 Å². The lowest BCUT2D eigenvalue weighted by Gasteiger charge is -2.20. The van der Waals surface area contributed by atoms with E-state index >= 15 is 0 Å². The third kappa shape index (κ3) is 4.18. The topological polar surface area (TPSA) is 0 Å². The second-order valence-electron chi connectivity index (χ2n) is 12.4. The summed E-state index contributed by atoms with van der Waals surface area (Å²) in [4.78, 5) is 0. The van der Waals surface area contributed by atoms with Gasteiger partial charge in [-0.1, -0.05) is 151 Å². The first kappa shape index (κ1) is 24.6. The zero-order valence-corrected chi connectivity index (χ0v) is 26.1. The second-order valence-corrected chi connectivity index (χ2v) is 23.4. The summed E-state index contributed by atoms with van der Waals surface area (Å²) in [5.41, 5.74) is 5.18. The van der Waals surface area contributed by atoms with Crippen LogP contribution in [0.4, 0.5) is 0 Å². The highest BCUT2D eigenvalue weighted by molar-refractivity contribution is 9.10. The highest BCUT2D eigenvalue weighted by Gasteiger charge is 2.20. The van der Waals surface area contributed by atoms with Crippen molar-refractivity contribution in [3.8, 4) is 22.3 Å². The molecule has 0 saturated carbocycles. The molecule has 6 aromatic carbocycles. The molecule has 0 fully saturated rings. The monoisotopic (exact) mass is 576 g/mol. The third-order valence-electron chi connectivity index (χ3n) is 7.86. The van der Waals surface area contributed by atoms with Crippen molar-refractivity contribution in [1.82, 2.24) is 0 Å². The van der Waals surface area contributed by atoms with Crippen molar-refractivity contribution in [3.63, 3.8) is 0 Å². The molecule has 6 rings (SSSR count). The first-order valence-electron chi connectivity index (χ1n) is 13.1. The van der Waals surface area contributed by atoms with Gasteiger partial charge < -0.3 is 0 Å². The van der Waals surface area contributed by atoms with Crippen LogP contribution >= 0.6 is 15.9 Å². The first-order chi connectivity index (χ1) is 17.5. The van der Waals surface area contributed by atoms with Gasteiger partial charge in [-0.15, -0.1) is 0 Å². The van der Waals surface area contributed by atoms with Gasteiger partial charge in [0.1, 0.15) is 0 Å². The molecule has 0 heterocycles. The Labute approximate surface area is 230 Å². The largest absolute Gasteiger partial charge is 0.0775 e. The zero-order chi connectivity index (χ0) is 26.1. The van der Waals surface area contributed by atoms with E-state index in [2.05, 4.69) is 146 Å². The molecule has 0 aliphatic heterocycles. The number of hydrogen-bond donors (Lipinski definition) is 0. The summed E-state index contributed by atoms with van der Waals surface area (Å²) in [7, 11) is -2.66. The first-order valence-corrected chi connectivity index (χ1v) is 20.9. The fourth-order valence-corrected chi connectivity index (χ4v) is 8.54. The fraction of sp³-hybridized carbons (Fsp3) is 0.176. The molecule has 0 N–H and O–H groups in total. The van der Waals surface area contributed by atoms with Gasteiger partial charge in [0.2, 0.25) is 0 Å². The zero-order valence-electron chi connectivity index (χ0n) is 22.5. The van der Waals surface area contributed by atoms with Crippen LogP contribution in [0.1, 0.15) is 0 Å². The Kier molecular flexibility index (Phi) is 5.76. The van der Waals surface area contributed by atoms with Crippen LogP contribution in [0.15, 0.2) is 95.5 Å². The Bertz CT molecular complexity index is 1770. The van der Waals surface area contributed by atoms with Crippen LogP contribution < -0.4 is 10.4 Å². The summed E-state index contributed by atoms with van der Waals surface area (Å²) in [6.45, 7) is 14.5. The Hall–Kier alpha value is -2.73. The predicted molar refractivity (Wildman–Crippen MR) is 175 cm³/mol. The van der Waals surface area contributed by atoms with E-state index in [-0.39, 0.29) is 0 Å². The number of halogens is 1. The van der Waals surface area contributed by atoms with E-state index in [0.717, 1.165) is 4.47 Å². The van der Waals surface area contributed by atoms with E-state index in [4.69, 9.17) is 0 Å². The third-order valence-corrected chi connectivity index (χ3v) is 12.6. The molecule has 0 aliphatic rings. The van der Waals surface area contributed by atoms with Gasteiger partial charge in [-0.2, -0.15) is 0 Å². The molecular formula is C34H33BrSi2. The average molecular weight is 578 g/mol. The molecule has 3 heteroatoms. The van der Waals surface area contributed by atoms with E-state index in [0.29, 0.717) is 0 Å². The summed E-state index contributed by atoms with van der Waals surface area (Å²) >= 11 is 3.94. The maximum atomic E-state index is 3.94. The van der Waals surface area contributed by atoms with E-state index in [1.54, 1.807) is 0 Å². The maximum Gasteiger partial charge on any atom is 0.0775 e. The Balaban J connectivity index is 1.60. The van der Waals surface area contributed by atoms with Crippen LogP contribution in [-0.2, 0) is 0 Å². The molecular weight excluding hydrogens is 544 g/mol. The van der Waals surface area contributed by atoms with Crippen LogP contribution in [-0.4, -0.2) is 16.1 Å². The molecule has 0 atom stereocenters. The molecule has 0 nitrogen and oxygen atoms in total. The quantitative estimate of drug-likeness (QED) is 0.145. The summed E-state index contributed by atoms with van der Waals surface area (Å²) < 4.78 is 1.16. The Morgan fingerprint density at radius 2 is 0.919 bits per heavy atom. The van der Waals surface area contributed by atoms with Gasteiger partial charge >= 0.3 is 0 Å². The van der Waals surface area contributed by atoms with Crippen LogP contribution in [0.2, 0.25) is 39.3 Å². The van der Waals surface area contributed by atoms with E-state index in [1.165, 1.54) is 64.9 Å². The highest BCUT2D eigenvalue weighted by atomic mass is 79.9. The van der Waals surface area contributed by atoms with Crippen molar-refractivity contribution in [3.05, 3.63) is 95.5 Å². The van der Waals surface area contributed by atoms with Gasteiger partial charge in [-0.05, 0) is 60.6 Å². The number of rotatable bonds is 4. The summed E-state index contributed by atoms with van der Waals surface area (Å²) in [5, 5.41) is 11.0. The molecule has 0 radical (unpaired) electrons. The lowest BCUT2D eigenvalue weighted by molar-refractivity contribution is 1.64. The minimum absolute atomic E-state index is 1.16. The van der Waals surface area contributed by atoms with Gasteiger partial charge in [0.05, 0.1) is 16.1 Å². The molecule has 0 spiro atoms. The summed E-state index contributed by atoms with van der Waals surface area (Å²) in [6.07, 6.45) is 0. The number of hydrogen-bond acceptors (Lipinski definition) is 0. The standard InChI is InChI=1S/C34H33BrSi2/c1-36(2,3)25-13-7-22(8-14-25)27-17-11-24-12-18-29-31(23-9-15-26(16-10-23)37(4,5)6)21-32(35)30-20-19-28(27)33(24)34(29)30/h7-21H,1-6H3.